The molecule has 0 radical (unpaired) electrons. The first-order chi connectivity index (χ1) is 9.24. The molecule has 1 aliphatic rings. The van der Waals surface area contributed by atoms with Gasteiger partial charge >= 0.3 is 0 Å². The summed E-state index contributed by atoms with van der Waals surface area (Å²) < 4.78 is 14.2. The maximum Gasteiger partial charge on any atom is 0.142 e. The minimum Gasteiger partial charge on any atom is -0.357 e. The van der Waals surface area contributed by atoms with E-state index in [0.717, 1.165) is 28.0 Å². The normalized spacial score (nSPS) is 15.1. The van der Waals surface area contributed by atoms with Gasteiger partial charge in [-0.3, -0.25) is 0 Å². The van der Waals surface area contributed by atoms with Crippen LogP contribution >= 0.6 is 24.0 Å². The molecule has 3 rings (SSSR count). The van der Waals surface area contributed by atoms with Crippen LogP contribution in [0.4, 0.5) is 4.39 Å². The second-order valence-corrected chi connectivity index (χ2v) is 6.03. The van der Waals surface area contributed by atoms with Crippen molar-refractivity contribution in [3.8, 4) is 0 Å². The summed E-state index contributed by atoms with van der Waals surface area (Å²) in [6.07, 6.45) is 3.86. The largest absolute Gasteiger partial charge is 0.357 e. The third-order valence-corrected chi connectivity index (χ3v) is 4.57. The van der Waals surface area contributed by atoms with E-state index in [1.807, 2.05) is 0 Å². The minimum atomic E-state index is -0.281. The summed E-state index contributed by atoms with van der Waals surface area (Å²) in [5, 5.41) is 1.44. The van der Waals surface area contributed by atoms with Crippen molar-refractivity contribution in [1.29, 1.82) is 0 Å². The van der Waals surface area contributed by atoms with Crippen molar-refractivity contribution in [2.45, 2.75) is 17.9 Å². The zero-order chi connectivity index (χ0) is 13.2. The van der Waals surface area contributed by atoms with Crippen molar-refractivity contribution >= 4 is 39.2 Å². The van der Waals surface area contributed by atoms with Crippen molar-refractivity contribution in [1.82, 2.24) is 14.9 Å². The van der Waals surface area contributed by atoms with E-state index in [0.29, 0.717) is 5.39 Å². The number of thioether (sulfide) groups is 1. The third-order valence-electron chi connectivity index (χ3n) is 3.11. The molecule has 0 spiro atoms. The number of aromatic nitrogens is 2. The van der Waals surface area contributed by atoms with Crippen LogP contribution in [0.2, 0.25) is 0 Å². The molecule has 19 heavy (non-hydrogen) atoms. The third kappa shape index (κ3) is 2.69. The van der Waals surface area contributed by atoms with E-state index < -0.39 is 0 Å². The predicted octanol–water partition coefficient (Wildman–Crippen LogP) is 3.24. The van der Waals surface area contributed by atoms with Crippen LogP contribution in [-0.2, 0) is 0 Å². The number of likely N-dealkylation sites (tertiary alicyclic amines) is 1. The molecule has 0 N–H and O–H groups in total. The lowest BCUT2D eigenvalue weighted by Gasteiger charge is -2.17. The van der Waals surface area contributed by atoms with Gasteiger partial charge in [-0.25, -0.2) is 14.4 Å². The highest BCUT2D eigenvalue weighted by molar-refractivity contribution is 8.23. The second kappa shape index (κ2) is 5.38. The molecule has 3 nitrogen and oxygen atoms in total. The highest BCUT2D eigenvalue weighted by Gasteiger charge is 2.17. The molecular formula is C13H12FN3S2. The lowest BCUT2D eigenvalue weighted by molar-refractivity contribution is 0.539. The Labute approximate surface area is 120 Å². The van der Waals surface area contributed by atoms with Crippen molar-refractivity contribution < 1.29 is 4.39 Å². The lowest BCUT2D eigenvalue weighted by Crippen LogP contribution is -2.23. The van der Waals surface area contributed by atoms with Gasteiger partial charge in [-0.05, 0) is 42.8 Å². The standard InChI is InChI=1S/C13H12FN3S2/c14-9-3-4-11-10(7-9)12(16-8-15-11)19-13(18)17-5-1-2-6-17/h3-4,7-8H,1-2,5-6H2. The highest BCUT2D eigenvalue weighted by atomic mass is 32.2. The Morgan fingerprint density at radius 1 is 1.26 bits per heavy atom. The molecule has 0 unspecified atom stereocenters. The number of fused-ring (bicyclic) bond motifs is 1. The van der Waals surface area contributed by atoms with Gasteiger partial charge in [-0.2, -0.15) is 0 Å². The van der Waals surface area contributed by atoms with Crippen LogP contribution < -0.4 is 0 Å². The Morgan fingerprint density at radius 2 is 2.05 bits per heavy atom. The lowest BCUT2D eigenvalue weighted by atomic mass is 10.2. The summed E-state index contributed by atoms with van der Waals surface area (Å²) in [5.41, 5.74) is 0.739. The van der Waals surface area contributed by atoms with Gasteiger partial charge in [0.1, 0.15) is 21.5 Å². The highest BCUT2D eigenvalue weighted by Crippen LogP contribution is 2.28. The van der Waals surface area contributed by atoms with Crippen molar-refractivity contribution in [3.63, 3.8) is 0 Å². The monoisotopic (exact) mass is 293 g/mol. The first kappa shape index (κ1) is 12.7. The molecule has 1 fully saturated rings. The fraction of sp³-hybridized carbons (Fsp3) is 0.308. The maximum absolute atomic E-state index is 13.3. The summed E-state index contributed by atoms with van der Waals surface area (Å²) in [6.45, 7) is 2.01. The van der Waals surface area contributed by atoms with Crippen LogP contribution in [0.25, 0.3) is 10.9 Å². The Hall–Kier alpha value is -1.27. The van der Waals surface area contributed by atoms with E-state index in [4.69, 9.17) is 12.2 Å². The molecular weight excluding hydrogens is 281 g/mol. The number of rotatable bonds is 1. The van der Waals surface area contributed by atoms with E-state index in [-0.39, 0.29) is 5.82 Å². The average Bonchev–Trinajstić information content (AvgIpc) is 2.93. The number of hydrogen-bond acceptors (Lipinski definition) is 4. The summed E-state index contributed by atoms with van der Waals surface area (Å²) in [5.74, 6) is -0.281. The Kier molecular flexibility index (Phi) is 3.61. The molecule has 0 bridgehead atoms. The molecule has 2 heterocycles. The van der Waals surface area contributed by atoms with Gasteiger partial charge in [-0.15, -0.1) is 0 Å². The quantitative estimate of drug-likeness (QED) is 0.457. The first-order valence-electron chi connectivity index (χ1n) is 6.11. The number of hydrogen-bond donors (Lipinski definition) is 0. The molecule has 0 amide bonds. The SMILES string of the molecule is Fc1ccc2ncnc(SC(=S)N3CCCC3)c2c1. The molecule has 0 atom stereocenters. The number of nitrogens with zero attached hydrogens (tertiary/aromatic N) is 3. The summed E-state index contributed by atoms with van der Waals surface area (Å²) in [7, 11) is 0. The molecule has 0 saturated carbocycles. The predicted molar refractivity (Wildman–Crippen MR) is 78.8 cm³/mol. The second-order valence-electron chi connectivity index (χ2n) is 4.40. The van der Waals surface area contributed by atoms with E-state index in [1.165, 1.54) is 43.1 Å². The van der Waals surface area contributed by atoms with Crippen LogP contribution in [0.5, 0.6) is 0 Å². The number of benzene rings is 1. The van der Waals surface area contributed by atoms with Gasteiger partial charge in [0.25, 0.3) is 0 Å². The molecule has 1 aromatic heterocycles. The van der Waals surface area contributed by atoms with Gasteiger partial charge in [-0.1, -0.05) is 12.2 Å². The molecule has 1 aromatic carbocycles. The Morgan fingerprint density at radius 3 is 2.84 bits per heavy atom. The Bertz CT molecular complexity index is 626. The van der Waals surface area contributed by atoms with Gasteiger partial charge in [0.05, 0.1) is 5.52 Å². The van der Waals surface area contributed by atoms with Crippen LogP contribution in [0, 0.1) is 5.82 Å². The summed E-state index contributed by atoms with van der Waals surface area (Å²) in [4.78, 5) is 10.5. The van der Waals surface area contributed by atoms with Gasteiger partial charge in [0.15, 0.2) is 0 Å². The van der Waals surface area contributed by atoms with Crippen LogP contribution in [0.15, 0.2) is 29.6 Å². The smallest absolute Gasteiger partial charge is 0.142 e. The number of halogens is 1. The molecule has 1 saturated heterocycles. The molecule has 98 valence electrons. The van der Waals surface area contributed by atoms with E-state index in [1.54, 1.807) is 6.07 Å². The fourth-order valence-electron chi connectivity index (χ4n) is 2.13. The topological polar surface area (TPSA) is 29.0 Å². The van der Waals surface area contributed by atoms with Crippen LogP contribution in [0.3, 0.4) is 0 Å². The fourth-order valence-corrected chi connectivity index (χ4v) is 3.40. The van der Waals surface area contributed by atoms with Gasteiger partial charge < -0.3 is 4.90 Å². The Balaban J connectivity index is 1.91. The average molecular weight is 293 g/mol. The molecule has 6 heteroatoms. The van der Waals surface area contributed by atoms with Crippen LogP contribution in [-0.4, -0.2) is 32.3 Å². The zero-order valence-electron chi connectivity index (χ0n) is 10.2. The zero-order valence-corrected chi connectivity index (χ0v) is 11.8. The van der Waals surface area contributed by atoms with E-state index in [2.05, 4.69) is 14.9 Å². The van der Waals surface area contributed by atoms with Crippen molar-refractivity contribution in [2.75, 3.05) is 13.1 Å². The van der Waals surface area contributed by atoms with Crippen molar-refractivity contribution in [3.05, 3.63) is 30.3 Å². The van der Waals surface area contributed by atoms with Gasteiger partial charge in [0.2, 0.25) is 0 Å². The van der Waals surface area contributed by atoms with Crippen molar-refractivity contribution in [2.24, 2.45) is 0 Å². The van der Waals surface area contributed by atoms with Gasteiger partial charge in [0, 0.05) is 18.5 Å². The minimum absolute atomic E-state index is 0.281. The molecule has 0 aliphatic carbocycles. The molecule has 1 aliphatic heterocycles. The summed E-state index contributed by atoms with van der Waals surface area (Å²) >= 11 is 6.84. The molecule has 2 aromatic rings. The maximum atomic E-state index is 13.3. The van der Waals surface area contributed by atoms with E-state index in [9.17, 15) is 4.39 Å². The van der Waals surface area contributed by atoms with E-state index >= 15 is 0 Å². The summed E-state index contributed by atoms with van der Waals surface area (Å²) in [6, 6.07) is 4.53. The number of thiocarbonyl (C=S) groups is 1. The van der Waals surface area contributed by atoms with Crippen LogP contribution in [0.1, 0.15) is 12.8 Å². The first-order valence-corrected chi connectivity index (χ1v) is 7.33.